The lowest BCUT2D eigenvalue weighted by Gasteiger charge is -2.08. The number of ether oxygens (including phenoxy) is 1. The van der Waals surface area contributed by atoms with Crippen LogP contribution in [0.1, 0.15) is 35.8 Å². The molecule has 0 saturated carbocycles. The van der Waals surface area contributed by atoms with Gasteiger partial charge in [0, 0.05) is 11.6 Å². The SMILES string of the molecule is Cc1ccc(Cl)cc1-n1nc([C@H]2CCCO2)c(C#N)c1N. The van der Waals surface area contributed by atoms with E-state index in [9.17, 15) is 5.26 Å². The number of nitrogen functional groups attached to an aromatic ring is 1. The van der Waals surface area contributed by atoms with Gasteiger partial charge in [-0.25, -0.2) is 4.68 Å². The molecular weight excluding hydrogens is 288 g/mol. The Bertz CT molecular complexity index is 726. The third kappa shape index (κ3) is 2.37. The number of benzene rings is 1. The van der Waals surface area contributed by atoms with Crippen molar-refractivity contribution in [3.05, 3.63) is 40.0 Å². The zero-order valence-corrected chi connectivity index (χ0v) is 12.4. The van der Waals surface area contributed by atoms with E-state index in [1.165, 1.54) is 0 Å². The van der Waals surface area contributed by atoms with E-state index in [0.717, 1.165) is 24.1 Å². The largest absolute Gasteiger partial charge is 0.382 e. The second-order valence-electron chi connectivity index (χ2n) is 5.10. The highest BCUT2D eigenvalue weighted by molar-refractivity contribution is 6.30. The van der Waals surface area contributed by atoms with Gasteiger partial charge in [-0.1, -0.05) is 17.7 Å². The standard InChI is InChI=1S/C15H15ClN4O/c1-9-4-5-10(16)7-12(9)20-15(18)11(8-17)14(19-20)13-3-2-6-21-13/h4-5,7,13H,2-3,6,18H2,1H3/t13-/m1/s1. The molecule has 21 heavy (non-hydrogen) atoms. The second kappa shape index (κ2) is 5.40. The summed E-state index contributed by atoms with van der Waals surface area (Å²) in [4.78, 5) is 0. The van der Waals surface area contributed by atoms with Crippen molar-refractivity contribution in [3.63, 3.8) is 0 Å². The van der Waals surface area contributed by atoms with Gasteiger partial charge in [0.25, 0.3) is 0 Å². The first-order valence-corrected chi connectivity index (χ1v) is 7.16. The van der Waals surface area contributed by atoms with Gasteiger partial charge in [-0.3, -0.25) is 0 Å². The van der Waals surface area contributed by atoms with Crippen molar-refractivity contribution in [1.82, 2.24) is 9.78 Å². The summed E-state index contributed by atoms with van der Waals surface area (Å²) in [7, 11) is 0. The molecule has 1 saturated heterocycles. The van der Waals surface area contributed by atoms with Crippen molar-refractivity contribution in [3.8, 4) is 11.8 Å². The fourth-order valence-electron chi connectivity index (χ4n) is 2.58. The molecular formula is C15H15ClN4O. The normalized spacial score (nSPS) is 17.9. The van der Waals surface area contributed by atoms with E-state index in [1.807, 2.05) is 19.1 Å². The fraction of sp³-hybridized carbons (Fsp3) is 0.333. The van der Waals surface area contributed by atoms with Crippen LogP contribution in [-0.2, 0) is 4.74 Å². The summed E-state index contributed by atoms with van der Waals surface area (Å²) in [5.41, 5.74) is 8.88. The number of halogens is 1. The molecule has 5 nitrogen and oxygen atoms in total. The van der Waals surface area contributed by atoms with E-state index in [-0.39, 0.29) is 6.10 Å². The molecule has 0 aliphatic carbocycles. The Labute approximate surface area is 127 Å². The Morgan fingerprint density at radius 1 is 1.52 bits per heavy atom. The number of nitrogens with zero attached hydrogens (tertiary/aromatic N) is 3. The van der Waals surface area contributed by atoms with Crippen LogP contribution in [0.15, 0.2) is 18.2 Å². The van der Waals surface area contributed by atoms with E-state index >= 15 is 0 Å². The first-order valence-electron chi connectivity index (χ1n) is 6.78. The van der Waals surface area contributed by atoms with Gasteiger partial charge in [-0.2, -0.15) is 10.4 Å². The van der Waals surface area contributed by atoms with Crippen LogP contribution < -0.4 is 5.73 Å². The van der Waals surface area contributed by atoms with Crippen LogP contribution in [0, 0.1) is 18.3 Å². The summed E-state index contributed by atoms with van der Waals surface area (Å²) < 4.78 is 7.21. The summed E-state index contributed by atoms with van der Waals surface area (Å²) in [6, 6.07) is 7.65. The van der Waals surface area contributed by atoms with Crippen LogP contribution in [0.2, 0.25) is 5.02 Å². The number of aryl methyl sites for hydroxylation is 1. The number of aromatic nitrogens is 2. The van der Waals surface area contributed by atoms with Crippen LogP contribution >= 0.6 is 11.6 Å². The molecule has 1 fully saturated rings. The Kier molecular flexibility index (Phi) is 3.58. The Morgan fingerprint density at radius 2 is 2.33 bits per heavy atom. The molecule has 1 aliphatic heterocycles. The van der Waals surface area contributed by atoms with Gasteiger partial charge in [0.1, 0.15) is 29.2 Å². The minimum Gasteiger partial charge on any atom is -0.382 e. The van der Waals surface area contributed by atoms with Gasteiger partial charge >= 0.3 is 0 Å². The molecule has 0 radical (unpaired) electrons. The molecule has 2 N–H and O–H groups in total. The minimum absolute atomic E-state index is 0.150. The number of rotatable bonds is 2. The predicted octanol–water partition coefficient (Wildman–Crippen LogP) is 3.14. The van der Waals surface area contributed by atoms with Crippen LogP contribution in [-0.4, -0.2) is 16.4 Å². The first-order chi connectivity index (χ1) is 10.1. The van der Waals surface area contributed by atoms with E-state index in [1.54, 1.807) is 10.7 Å². The molecule has 2 aromatic rings. The molecule has 0 spiro atoms. The van der Waals surface area contributed by atoms with Crippen molar-refractivity contribution in [2.24, 2.45) is 0 Å². The molecule has 6 heteroatoms. The monoisotopic (exact) mass is 302 g/mol. The average molecular weight is 303 g/mol. The number of nitriles is 1. The number of hydrogen-bond donors (Lipinski definition) is 1. The number of anilines is 1. The summed E-state index contributed by atoms with van der Waals surface area (Å²) in [5.74, 6) is 0.327. The van der Waals surface area contributed by atoms with E-state index < -0.39 is 0 Å². The molecule has 3 rings (SSSR count). The summed E-state index contributed by atoms with van der Waals surface area (Å²) >= 11 is 6.06. The van der Waals surface area contributed by atoms with Crippen molar-refractivity contribution in [1.29, 1.82) is 5.26 Å². The van der Waals surface area contributed by atoms with Crippen LogP contribution in [0.4, 0.5) is 5.82 Å². The van der Waals surface area contributed by atoms with Crippen molar-refractivity contribution < 1.29 is 4.74 Å². The molecule has 0 bridgehead atoms. The maximum atomic E-state index is 9.38. The highest BCUT2D eigenvalue weighted by Crippen LogP contribution is 2.33. The van der Waals surface area contributed by atoms with Gasteiger partial charge in [-0.05, 0) is 37.5 Å². The summed E-state index contributed by atoms with van der Waals surface area (Å²) in [5, 5.41) is 14.5. The van der Waals surface area contributed by atoms with Gasteiger partial charge in [0.05, 0.1) is 5.69 Å². The molecule has 0 unspecified atom stereocenters. The molecule has 1 aromatic heterocycles. The zero-order chi connectivity index (χ0) is 15.0. The second-order valence-corrected chi connectivity index (χ2v) is 5.54. The lowest BCUT2D eigenvalue weighted by Crippen LogP contribution is -2.05. The summed E-state index contributed by atoms with van der Waals surface area (Å²) in [6.07, 6.45) is 1.68. The Balaban J connectivity index is 2.15. The van der Waals surface area contributed by atoms with Gasteiger partial charge < -0.3 is 10.5 Å². The quantitative estimate of drug-likeness (QED) is 0.924. The van der Waals surface area contributed by atoms with Crippen LogP contribution in [0.3, 0.4) is 0 Å². The minimum atomic E-state index is -0.150. The smallest absolute Gasteiger partial charge is 0.145 e. The van der Waals surface area contributed by atoms with E-state index in [2.05, 4.69) is 11.2 Å². The summed E-state index contributed by atoms with van der Waals surface area (Å²) in [6.45, 7) is 2.64. The van der Waals surface area contributed by atoms with Gasteiger partial charge in [0.2, 0.25) is 0 Å². The van der Waals surface area contributed by atoms with Gasteiger partial charge in [-0.15, -0.1) is 0 Å². The van der Waals surface area contributed by atoms with Crippen LogP contribution in [0.5, 0.6) is 0 Å². The molecule has 1 aliphatic rings. The van der Waals surface area contributed by atoms with Crippen LogP contribution in [0.25, 0.3) is 5.69 Å². The van der Waals surface area contributed by atoms with E-state index in [4.69, 9.17) is 22.1 Å². The topological polar surface area (TPSA) is 76.9 Å². The third-order valence-corrected chi connectivity index (χ3v) is 3.93. The van der Waals surface area contributed by atoms with E-state index in [0.29, 0.717) is 28.7 Å². The Hall–Kier alpha value is -2.03. The third-order valence-electron chi connectivity index (χ3n) is 3.69. The molecule has 1 atom stereocenters. The number of hydrogen-bond acceptors (Lipinski definition) is 4. The van der Waals surface area contributed by atoms with Gasteiger partial charge in [0.15, 0.2) is 0 Å². The molecule has 2 heterocycles. The molecule has 108 valence electrons. The molecule has 1 aromatic carbocycles. The van der Waals surface area contributed by atoms with Crippen molar-refractivity contribution >= 4 is 17.4 Å². The zero-order valence-electron chi connectivity index (χ0n) is 11.6. The predicted molar refractivity (Wildman–Crippen MR) is 80.4 cm³/mol. The highest BCUT2D eigenvalue weighted by Gasteiger charge is 2.27. The lowest BCUT2D eigenvalue weighted by molar-refractivity contribution is 0.108. The maximum absolute atomic E-state index is 9.38. The fourth-order valence-corrected chi connectivity index (χ4v) is 2.74. The average Bonchev–Trinajstić information content (AvgIpc) is 3.09. The Morgan fingerprint density at radius 3 is 3.00 bits per heavy atom. The van der Waals surface area contributed by atoms with Crippen molar-refractivity contribution in [2.75, 3.05) is 12.3 Å². The molecule has 0 amide bonds. The lowest BCUT2D eigenvalue weighted by atomic mass is 10.1. The van der Waals surface area contributed by atoms with Crippen molar-refractivity contribution in [2.45, 2.75) is 25.9 Å². The highest BCUT2D eigenvalue weighted by atomic mass is 35.5. The maximum Gasteiger partial charge on any atom is 0.145 e. The number of nitrogens with two attached hydrogens (primary N) is 1. The first kappa shape index (κ1) is 13.9.